The van der Waals surface area contributed by atoms with E-state index in [9.17, 15) is 14.7 Å². The fourth-order valence-corrected chi connectivity index (χ4v) is 11.3. The molecule has 13 heteroatoms. The number of rotatable bonds is 9. The van der Waals surface area contributed by atoms with Crippen molar-refractivity contribution in [1.82, 2.24) is 29.5 Å². The third kappa shape index (κ3) is 5.81. The van der Waals surface area contributed by atoms with Gasteiger partial charge in [-0.25, -0.2) is 14.8 Å². The van der Waals surface area contributed by atoms with Crippen molar-refractivity contribution in [3.63, 3.8) is 0 Å². The minimum Gasteiger partial charge on any atom is -0.478 e. The maximum absolute atomic E-state index is 14.0. The molecule has 12 nitrogen and oxygen atoms in total. The lowest BCUT2D eigenvalue weighted by Crippen LogP contribution is -2.48. The zero-order valence-corrected chi connectivity index (χ0v) is 31.0. The molecule has 5 aliphatic rings. The Bertz CT molecular complexity index is 2370. The number of anilines is 4. The number of thiazole rings is 1. The summed E-state index contributed by atoms with van der Waals surface area (Å²) in [5.74, 6) is 1.74. The van der Waals surface area contributed by atoms with E-state index in [0.29, 0.717) is 38.8 Å². The number of piperazine rings is 1. The highest BCUT2D eigenvalue weighted by Crippen LogP contribution is 2.60. The summed E-state index contributed by atoms with van der Waals surface area (Å²) >= 11 is 1.43. The van der Waals surface area contributed by atoms with E-state index >= 15 is 0 Å². The van der Waals surface area contributed by atoms with Gasteiger partial charge in [0.15, 0.2) is 10.8 Å². The zero-order chi connectivity index (χ0) is 36.6. The molecule has 1 saturated heterocycles. The van der Waals surface area contributed by atoms with E-state index in [4.69, 9.17) is 5.10 Å². The number of carboxylic acid groups (broad SMARTS) is 1. The molecule has 1 amide bonds. The average molecular weight is 742 g/mol. The summed E-state index contributed by atoms with van der Waals surface area (Å²) in [5.41, 5.74) is 5.91. The van der Waals surface area contributed by atoms with Crippen molar-refractivity contribution in [2.75, 3.05) is 41.7 Å². The summed E-state index contributed by atoms with van der Waals surface area (Å²) < 4.78 is 4.86. The Hall–Kier alpha value is -5.27. The molecule has 54 heavy (non-hydrogen) atoms. The highest BCUT2D eigenvalue weighted by atomic mass is 32.1. The molecule has 1 aliphatic heterocycles. The fraction of sp³-hybridized carbons (Fsp3) is 0.390. The largest absolute Gasteiger partial charge is 0.478 e. The van der Waals surface area contributed by atoms with E-state index in [1.54, 1.807) is 10.6 Å². The van der Waals surface area contributed by atoms with Crippen molar-refractivity contribution in [1.29, 1.82) is 0 Å². The lowest BCUT2D eigenvalue weighted by Gasteiger charge is -2.56. The van der Waals surface area contributed by atoms with Gasteiger partial charge in [0.2, 0.25) is 0 Å². The third-order valence-electron chi connectivity index (χ3n) is 12.4. The number of fused-ring (bicyclic) bond motifs is 2. The van der Waals surface area contributed by atoms with Gasteiger partial charge in [-0.15, -0.1) is 0 Å². The summed E-state index contributed by atoms with van der Waals surface area (Å²) in [5, 5.41) is 25.8. The zero-order valence-electron chi connectivity index (χ0n) is 30.2. The van der Waals surface area contributed by atoms with E-state index in [2.05, 4.69) is 42.4 Å². The van der Waals surface area contributed by atoms with Crippen LogP contribution >= 0.6 is 11.3 Å². The molecule has 0 atom stereocenters. The molecule has 0 spiro atoms. The maximum atomic E-state index is 14.0. The van der Waals surface area contributed by atoms with Crippen LogP contribution in [0.3, 0.4) is 0 Å². The summed E-state index contributed by atoms with van der Waals surface area (Å²) in [6.45, 7) is 6.35. The normalized spacial score (nSPS) is 23.4. The number of benzene rings is 2. The second kappa shape index (κ2) is 12.9. The molecule has 11 rings (SSSR count). The quantitative estimate of drug-likeness (QED) is 0.119. The molecule has 4 bridgehead atoms. The second-order valence-electron chi connectivity index (χ2n) is 16.0. The molecular weight excluding hydrogens is 699 g/mol. The number of amides is 1. The first kappa shape index (κ1) is 33.3. The first-order valence-electron chi connectivity index (χ1n) is 19.1. The van der Waals surface area contributed by atoms with Crippen molar-refractivity contribution in [2.24, 2.45) is 23.2 Å². The van der Waals surface area contributed by atoms with Crippen molar-refractivity contribution in [3.8, 4) is 11.1 Å². The predicted octanol–water partition coefficient (Wildman–Crippen LogP) is 7.44. The molecule has 4 aliphatic carbocycles. The van der Waals surface area contributed by atoms with E-state index in [-0.39, 0.29) is 11.5 Å². The van der Waals surface area contributed by atoms with E-state index in [1.165, 1.54) is 49.9 Å². The number of para-hydroxylation sites is 1. The molecule has 5 fully saturated rings. The number of carbonyl (C=O) groups is 2. The molecule has 0 radical (unpaired) electrons. The first-order chi connectivity index (χ1) is 26.3. The van der Waals surface area contributed by atoms with Crippen molar-refractivity contribution in [2.45, 2.75) is 52.0 Å². The molecule has 5 heterocycles. The number of carbonyl (C=O) groups excluding carboxylic acids is 1. The van der Waals surface area contributed by atoms with Crippen molar-refractivity contribution < 1.29 is 14.7 Å². The molecule has 2 aromatic carbocycles. The Balaban J connectivity index is 0.969. The first-order valence-corrected chi connectivity index (χ1v) is 19.9. The number of imidazole rings is 1. The highest BCUT2D eigenvalue weighted by molar-refractivity contribution is 7.22. The molecule has 4 N–H and O–H groups in total. The van der Waals surface area contributed by atoms with Gasteiger partial charge < -0.3 is 20.6 Å². The van der Waals surface area contributed by atoms with Crippen molar-refractivity contribution in [3.05, 3.63) is 83.9 Å². The number of hydrogen-bond acceptors (Lipinski definition) is 9. The Kier molecular flexibility index (Phi) is 7.99. The standard InChI is InChI=1S/C41H43N9O3S/c1-24-31(21-44-50(24)23-41-18-25-14-26(19-41)16-27(15-25)20-41)29-8-11-49-35(22-43-37(49)36(29)39(52)53)45-32-7-6-28(48-12-9-42-10-13-48)17-30(32)38(51)47-40-46-33-4-2-3-5-34(33)54-40/h2-8,11,17,21-22,25-27,42,45H,9-10,12-16,18-20,23H2,1H3,(H,52,53)(H,46,47,51). The van der Waals surface area contributed by atoms with Gasteiger partial charge in [-0.1, -0.05) is 23.5 Å². The number of pyridine rings is 1. The van der Waals surface area contributed by atoms with Crippen LogP contribution in [0.1, 0.15) is 64.9 Å². The minimum absolute atomic E-state index is 0.117. The van der Waals surface area contributed by atoms with Gasteiger partial charge in [-0.05, 0) is 105 Å². The van der Waals surface area contributed by atoms with Crippen LogP contribution in [0.4, 0.5) is 22.3 Å². The van der Waals surface area contributed by atoms with Crippen LogP contribution in [-0.4, -0.2) is 67.3 Å². The van der Waals surface area contributed by atoms with Crippen LogP contribution < -0.4 is 20.9 Å². The Labute approximate surface area is 316 Å². The van der Waals surface area contributed by atoms with Gasteiger partial charge in [0.1, 0.15) is 11.4 Å². The number of nitrogens with one attached hydrogen (secondary N) is 3. The topological polar surface area (TPSA) is 142 Å². The van der Waals surface area contributed by atoms with Gasteiger partial charge >= 0.3 is 5.97 Å². The molecule has 276 valence electrons. The van der Waals surface area contributed by atoms with Crippen LogP contribution in [0.2, 0.25) is 0 Å². The van der Waals surface area contributed by atoms with Crippen LogP contribution in [0.25, 0.3) is 27.0 Å². The van der Waals surface area contributed by atoms with E-state index in [1.807, 2.05) is 60.9 Å². The number of aromatic nitrogens is 5. The Morgan fingerprint density at radius 3 is 2.48 bits per heavy atom. The Morgan fingerprint density at radius 2 is 1.74 bits per heavy atom. The van der Waals surface area contributed by atoms with Crippen LogP contribution in [-0.2, 0) is 6.54 Å². The summed E-state index contributed by atoms with van der Waals surface area (Å²) in [6, 6.07) is 15.5. The van der Waals surface area contributed by atoms with E-state index in [0.717, 1.165) is 77.6 Å². The fourth-order valence-electron chi connectivity index (χ4n) is 10.4. The van der Waals surface area contributed by atoms with E-state index < -0.39 is 5.97 Å². The smallest absolute Gasteiger partial charge is 0.340 e. The lowest BCUT2D eigenvalue weighted by atomic mass is 9.49. The molecular formula is C41H43N9O3S. The van der Waals surface area contributed by atoms with Gasteiger partial charge in [-0.2, -0.15) is 5.10 Å². The maximum Gasteiger partial charge on any atom is 0.340 e. The second-order valence-corrected chi connectivity index (χ2v) is 17.0. The lowest BCUT2D eigenvalue weighted by molar-refractivity contribution is -0.0638. The Morgan fingerprint density at radius 1 is 0.981 bits per heavy atom. The van der Waals surface area contributed by atoms with Crippen LogP contribution in [0.15, 0.2) is 67.1 Å². The van der Waals surface area contributed by atoms with Gasteiger partial charge in [-0.3, -0.25) is 19.2 Å². The average Bonchev–Trinajstić information content (AvgIpc) is 3.87. The monoisotopic (exact) mass is 741 g/mol. The SMILES string of the molecule is Cc1c(-c2ccn3c(Nc4ccc(N5CCNCC5)cc4C(=O)Nc4nc5ccccc5s4)cnc3c2C(=O)O)cnn1CC12CC3CC(CC(C3)C1)C2. The molecule has 4 aromatic heterocycles. The summed E-state index contributed by atoms with van der Waals surface area (Å²) in [4.78, 5) is 38.5. The summed E-state index contributed by atoms with van der Waals surface area (Å²) in [7, 11) is 0. The van der Waals surface area contributed by atoms with Gasteiger partial charge in [0, 0.05) is 61.4 Å². The third-order valence-corrected chi connectivity index (χ3v) is 13.4. The highest BCUT2D eigenvalue weighted by Gasteiger charge is 2.51. The minimum atomic E-state index is -1.06. The van der Waals surface area contributed by atoms with Crippen LogP contribution in [0.5, 0.6) is 0 Å². The number of aromatic carboxylic acids is 1. The number of nitrogens with zero attached hydrogens (tertiary/aromatic N) is 6. The summed E-state index contributed by atoms with van der Waals surface area (Å²) in [6.07, 6.45) is 13.3. The van der Waals surface area contributed by atoms with Crippen LogP contribution in [0, 0.1) is 30.1 Å². The number of carboxylic acids is 1. The van der Waals surface area contributed by atoms with Gasteiger partial charge in [0.25, 0.3) is 5.91 Å². The predicted molar refractivity (Wildman–Crippen MR) is 211 cm³/mol. The molecule has 0 unspecified atom stereocenters. The molecule has 4 saturated carbocycles. The molecule has 6 aromatic rings. The van der Waals surface area contributed by atoms with Gasteiger partial charge in [0.05, 0.1) is 33.9 Å². The van der Waals surface area contributed by atoms with Crippen molar-refractivity contribution >= 4 is 61.4 Å². The number of hydrogen-bond donors (Lipinski definition) is 4.